The number of pyridine rings is 1. The van der Waals surface area contributed by atoms with Crippen molar-refractivity contribution in [2.45, 2.75) is 23.1 Å². The molecule has 0 spiro atoms. The number of fused-ring (bicyclic) bond motifs is 1. The molecule has 1 aromatic carbocycles. The van der Waals surface area contributed by atoms with E-state index in [0.29, 0.717) is 0 Å². The largest absolute Gasteiger partial charge is 0.389 e. The second kappa shape index (κ2) is 5.07. The Morgan fingerprint density at radius 1 is 1.21 bits per heavy atom. The topological polar surface area (TPSA) is 48.9 Å². The molecule has 0 saturated carbocycles. The van der Waals surface area contributed by atoms with Crippen LogP contribution < -0.4 is 0 Å². The summed E-state index contributed by atoms with van der Waals surface area (Å²) in [5.41, 5.74) is 1.96. The minimum absolute atomic E-state index is 0.513. The number of nitrogens with zero attached hydrogens (tertiary/aromatic N) is 1. The number of rotatable bonds is 3. The highest BCUT2D eigenvalue weighted by Crippen LogP contribution is 2.32. The zero-order valence-electron chi connectivity index (χ0n) is 10.5. The number of para-hydroxylation sites is 1. The molecule has 2 N–H and O–H groups in total. The fourth-order valence-corrected chi connectivity index (χ4v) is 3.04. The number of benzene rings is 1. The van der Waals surface area contributed by atoms with Gasteiger partial charge in [0.25, 0.3) is 0 Å². The maximum Gasteiger partial charge on any atom is 0.108 e. The molecule has 2 heterocycles. The Bertz CT molecular complexity index is 673. The standard InChI is InChI=1S/C15H14N2OS/c1-10(18)12-6-4-8-16-15(12)19-14-9-11-5-2-3-7-13(11)17-14/h2-10,17-18H,1H3. The van der Waals surface area contributed by atoms with E-state index in [9.17, 15) is 5.11 Å². The van der Waals surface area contributed by atoms with E-state index in [1.165, 1.54) is 5.39 Å². The maximum absolute atomic E-state index is 9.76. The van der Waals surface area contributed by atoms with Gasteiger partial charge in [0.1, 0.15) is 5.03 Å². The van der Waals surface area contributed by atoms with Crippen LogP contribution in [0.25, 0.3) is 10.9 Å². The zero-order chi connectivity index (χ0) is 13.2. The van der Waals surface area contributed by atoms with Crippen molar-refractivity contribution >= 4 is 22.7 Å². The predicted molar refractivity (Wildman–Crippen MR) is 77.3 cm³/mol. The van der Waals surface area contributed by atoms with Crippen LogP contribution in [-0.2, 0) is 0 Å². The van der Waals surface area contributed by atoms with Gasteiger partial charge in [-0.25, -0.2) is 4.98 Å². The molecule has 3 rings (SSSR count). The van der Waals surface area contributed by atoms with Crippen molar-refractivity contribution in [3.05, 3.63) is 54.2 Å². The average Bonchev–Trinajstić information content (AvgIpc) is 2.81. The Hall–Kier alpha value is -1.78. The second-order valence-corrected chi connectivity index (χ2v) is 5.43. The minimum atomic E-state index is -0.513. The Morgan fingerprint density at radius 2 is 2.05 bits per heavy atom. The van der Waals surface area contributed by atoms with Crippen molar-refractivity contribution in [1.82, 2.24) is 9.97 Å². The molecule has 96 valence electrons. The fraction of sp³-hybridized carbons (Fsp3) is 0.133. The number of hydrogen-bond acceptors (Lipinski definition) is 3. The molecular formula is C15H14N2OS. The Morgan fingerprint density at radius 3 is 2.84 bits per heavy atom. The van der Waals surface area contributed by atoms with Crippen molar-refractivity contribution in [1.29, 1.82) is 0 Å². The van der Waals surface area contributed by atoms with Gasteiger partial charge in [-0.15, -0.1) is 0 Å². The lowest BCUT2D eigenvalue weighted by Crippen LogP contribution is -1.95. The smallest absolute Gasteiger partial charge is 0.108 e. The summed E-state index contributed by atoms with van der Waals surface area (Å²) in [5.74, 6) is 0. The summed E-state index contributed by atoms with van der Waals surface area (Å²) in [6, 6.07) is 14.0. The molecule has 1 unspecified atom stereocenters. The van der Waals surface area contributed by atoms with Crippen LogP contribution in [0.2, 0.25) is 0 Å². The van der Waals surface area contributed by atoms with Gasteiger partial charge >= 0.3 is 0 Å². The highest BCUT2D eigenvalue weighted by molar-refractivity contribution is 7.99. The Kier molecular flexibility index (Phi) is 3.27. The lowest BCUT2D eigenvalue weighted by Gasteiger charge is -2.08. The highest BCUT2D eigenvalue weighted by Gasteiger charge is 2.11. The molecule has 0 fully saturated rings. The van der Waals surface area contributed by atoms with Gasteiger partial charge in [-0.2, -0.15) is 0 Å². The number of aromatic amines is 1. The third-order valence-corrected chi connectivity index (χ3v) is 3.94. The van der Waals surface area contributed by atoms with Gasteiger partial charge in [0.05, 0.1) is 11.1 Å². The second-order valence-electron chi connectivity index (χ2n) is 4.40. The number of aliphatic hydroxyl groups is 1. The van der Waals surface area contributed by atoms with Crippen molar-refractivity contribution in [2.24, 2.45) is 0 Å². The quantitative estimate of drug-likeness (QED) is 0.761. The molecule has 0 aliphatic rings. The molecule has 0 bridgehead atoms. The molecule has 3 aromatic rings. The fourth-order valence-electron chi connectivity index (χ4n) is 2.01. The van der Waals surface area contributed by atoms with E-state index in [0.717, 1.165) is 21.1 Å². The summed E-state index contributed by atoms with van der Waals surface area (Å²) in [6.45, 7) is 1.76. The van der Waals surface area contributed by atoms with Gasteiger partial charge in [0, 0.05) is 22.7 Å². The molecule has 19 heavy (non-hydrogen) atoms. The molecule has 1 atom stereocenters. The van der Waals surface area contributed by atoms with Crippen molar-refractivity contribution in [3.8, 4) is 0 Å². The van der Waals surface area contributed by atoms with Crippen LogP contribution in [0.5, 0.6) is 0 Å². The molecule has 0 amide bonds. The molecule has 0 aliphatic carbocycles. The number of nitrogens with one attached hydrogen (secondary N) is 1. The van der Waals surface area contributed by atoms with E-state index < -0.39 is 6.10 Å². The van der Waals surface area contributed by atoms with Crippen LogP contribution in [0.4, 0.5) is 0 Å². The summed E-state index contributed by atoms with van der Waals surface area (Å²) < 4.78 is 0. The molecule has 0 saturated heterocycles. The lowest BCUT2D eigenvalue weighted by molar-refractivity contribution is 0.195. The van der Waals surface area contributed by atoms with E-state index in [2.05, 4.69) is 22.1 Å². The molecule has 2 aromatic heterocycles. The van der Waals surface area contributed by atoms with E-state index in [4.69, 9.17) is 0 Å². The first-order chi connectivity index (χ1) is 9.24. The van der Waals surface area contributed by atoms with Gasteiger partial charge in [-0.3, -0.25) is 0 Å². The molecule has 4 heteroatoms. The van der Waals surface area contributed by atoms with E-state index in [-0.39, 0.29) is 0 Å². The lowest BCUT2D eigenvalue weighted by atomic mass is 10.2. The van der Waals surface area contributed by atoms with Gasteiger partial charge in [-0.1, -0.05) is 36.0 Å². The summed E-state index contributed by atoms with van der Waals surface area (Å²) >= 11 is 1.54. The normalized spacial score (nSPS) is 12.7. The van der Waals surface area contributed by atoms with Crippen LogP contribution >= 0.6 is 11.8 Å². The van der Waals surface area contributed by atoms with Crippen LogP contribution in [0.1, 0.15) is 18.6 Å². The summed E-state index contributed by atoms with van der Waals surface area (Å²) in [4.78, 5) is 7.70. The van der Waals surface area contributed by atoms with Gasteiger partial charge in [0.15, 0.2) is 0 Å². The number of aromatic nitrogens is 2. The first kappa shape index (κ1) is 12.3. The molecule has 3 nitrogen and oxygen atoms in total. The first-order valence-corrected chi connectivity index (χ1v) is 6.94. The van der Waals surface area contributed by atoms with E-state index in [1.807, 2.05) is 30.3 Å². The van der Waals surface area contributed by atoms with Crippen molar-refractivity contribution in [2.75, 3.05) is 0 Å². The van der Waals surface area contributed by atoms with Crippen LogP contribution in [-0.4, -0.2) is 15.1 Å². The number of H-pyrrole nitrogens is 1. The minimum Gasteiger partial charge on any atom is -0.389 e. The summed E-state index contributed by atoms with van der Waals surface area (Å²) in [6.07, 6.45) is 1.23. The zero-order valence-corrected chi connectivity index (χ0v) is 11.3. The number of hydrogen-bond donors (Lipinski definition) is 2. The van der Waals surface area contributed by atoms with E-state index in [1.54, 1.807) is 24.9 Å². The van der Waals surface area contributed by atoms with Crippen LogP contribution in [0, 0.1) is 0 Å². The molecule has 0 radical (unpaired) electrons. The molecule has 0 aliphatic heterocycles. The van der Waals surface area contributed by atoms with Crippen LogP contribution in [0.3, 0.4) is 0 Å². The Balaban J connectivity index is 1.97. The first-order valence-electron chi connectivity index (χ1n) is 6.12. The Labute approximate surface area is 115 Å². The van der Waals surface area contributed by atoms with Gasteiger partial charge in [-0.05, 0) is 25.1 Å². The third kappa shape index (κ3) is 2.50. The maximum atomic E-state index is 9.76. The van der Waals surface area contributed by atoms with Gasteiger partial charge in [0.2, 0.25) is 0 Å². The highest BCUT2D eigenvalue weighted by atomic mass is 32.2. The van der Waals surface area contributed by atoms with E-state index >= 15 is 0 Å². The summed E-state index contributed by atoms with van der Waals surface area (Å²) in [5, 5.41) is 12.8. The number of aliphatic hydroxyl groups excluding tert-OH is 1. The van der Waals surface area contributed by atoms with Crippen LogP contribution in [0.15, 0.2) is 58.7 Å². The predicted octanol–water partition coefficient (Wildman–Crippen LogP) is 3.77. The summed E-state index contributed by atoms with van der Waals surface area (Å²) in [7, 11) is 0. The van der Waals surface area contributed by atoms with Crippen molar-refractivity contribution in [3.63, 3.8) is 0 Å². The average molecular weight is 270 g/mol. The molecular weight excluding hydrogens is 256 g/mol. The van der Waals surface area contributed by atoms with Gasteiger partial charge < -0.3 is 10.1 Å². The third-order valence-electron chi connectivity index (χ3n) is 2.96. The van der Waals surface area contributed by atoms with Crippen molar-refractivity contribution < 1.29 is 5.11 Å². The monoisotopic (exact) mass is 270 g/mol. The SMILES string of the molecule is CC(O)c1cccnc1Sc1cc2ccccc2[nH]1.